The Morgan fingerprint density at radius 1 is 0.667 bits per heavy atom. The zero-order chi connectivity index (χ0) is 19.2. The lowest BCUT2D eigenvalue weighted by molar-refractivity contribution is 0.202. The quantitative estimate of drug-likeness (QED) is 0.550. The smallest absolute Gasteiger partial charge is 0.340 e. The van der Waals surface area contributed by atoms with Gasteiger partial charge in [0, 0.05) is 5.70 Å². The second-order valence-corrected chi connectivity index (χ2v) is 7.90. The van der Waals surface area contributed by atoms with Crippen LogP contribution in [0.4, 0.5) is 0 Å². The molecule has 0 saturated carbocycles. The minimum absolute atomic E-state index is 0.0229. The average molecular weight is 415 g/mol. The predicted octanol–water partition coefficient (Wildman–Crippen LogP) is 6.81. The molecule has 0 bridgehead atoms. The molecule has 0 spiro atoms. The van der Waals surface area contributed by atoms with Crippen LogP contribution < -0.4 is 10.3 Å². The standard InChI is InChI=1S/C20H32Cl2N4O/c21-18-23-19(22)25-20(24-18)27-26-17-15-13-11-9-7-5-3-1-2-4-6-8-10-12-14-16-17/h15,26H,1-14,16H2. The van der Waals surface area contributed by atoms with Gasteiger partial charge in [0.15, 0.2) is 0 Å². The number of halogens is 2. The van der Waals surface area contributed by atoms with Crippen molar-refractivity contribution in [1.82, 2.24) is 20.4 Å². The van der Waals surface area contributed by atoms with Crippen LogP contribution >= 0.6 is 23.2 Å². The zero-order valence-electron chi connectivity index (χ0n) is 16.2. The Balaban J connectivity index is 1.83. The summed E-state index contributed by atoms with van der Waals surface area (Å²) in [6, 6.07) is 0.0873. The minimum Gasteiger partial charge on any atom is -0.340 e. The first-order valence-corrected chi connectivity index (χ1v) is 11.2. The SMILES string of the molecule is Clc1nc(Cl)nc(ONC2=CCCCCCCCCCCCCCCC2)n1. The highest BCUT2D eigenvalue weighted by Crippen LogP contribution is 2.17. The van der Waals surface area contributed by atoms with E-state index in [2.05, 4.69) is 26.5 Å². The van der Waals surface area contributed by atoms with E-state index in [0.717, 1.165) is 25.0 Å². The van der Waals surface area contributed by atoms with E-state index in [-0.39, 0.29) is 16.6 Å². The van der Waals surface area contributed by atoms with Gasteiger partial charge in [-0.05, 0) is 48.9 Å². The van der Waals surface area contributed by atoms with E-state index in [0.29, 0.717) is 0 Å². The van der Waals surface area contributed by atoms with Crippen LogP contribution in [0.3, 0.4) is 0 Å². The Bertz CT molecular complexity index is 549. The number of hydrogen-bond donors (Lipinski definition) is 1. The second kappa shape index (κ2) is 14.0. The van der Waals surface area contributed by atoms with E-state index in [1.165, 1.54) is 77.0 Å². The van der Waals surface area contributed by atoms with Crippen LogP contribution in [0.2, 0.25) is 10.6 Å². The average Bonchev–Trinajstić information content (AvgIpc) is 2.64. The van der Waals surface area contributed by atoms with Crippen LogP contribution in [0.25, 0.3) is 0 Å². The van der Waals surface area contributed by atoms with Crippen molar-refractivity contribution in [2.75, 3.05) is 0 Å². The van der Waals surface area contributed by atoms with Crippen molar-refractivity contribution in [3.05, 3.63) is 22.3 Å². The van der Waals surface area contributed by atoms with Gasteiger partial charge in [0.2, 0.25) is 10.6 Å². The fourth-order valence-corrected chi connectivity index (χ4v) is 3.69. The minimum atomic E-state index is 0.0229. The van der Waals surface area contributed by atoms with E-state index < -0.39 is 0 Å². The predicted molar refractivity (Wildman–Crippen MR) is 111 cm³/mol. The molecule has 0 atom stereocenters. The molecule has 27 heavy (non-hydrogen) atoms. The zero-order valence-corrected chi connectivity index (χ0v) is 17.7. The number of nitrogens with one attached hydrogen (secondary N) is 1. The fraction of sp³-hybridized carbons (Fsp3) is 0.750. The van der Waals surface area contributed by atoms with Crippen LogP contribution in [0, 0.1) is 0 Å². The molecule has 0 aliphatic heterocycles. The van der Waals surface area contributed by atoms with Gasteiger partial charge in [0.1, 0.15) is 0 Å². The Labute approximate surface area is 173 Å². The van der Waals surface area contributed by atoms with Gasteiger partial charge in [0.05, 0.1) is 0 Å². The van der Waals surface area contributed by atoms with E-state index in [4.69, 9.17) is 28.0 Å². The molecule has 1 aromatic rings. The number of hydroxylamine groups is 1. The second-order valence-electron chi connectivity index (χ2n) is 7.22. The van der Waals surface area contributed by atoms with Gasteiger partial charge < -0.3 is 4.84 Å². The molecule has 2 rings (SSSR count). The first kappa shape index (κ1) is 22.2. The normalized spacial score (nSPS) is 19.0. The first-order valence-electron chi connectivity index (χ1n) is 10.4. The summed E-state index contributed by atoms with van der Waals surface area (Å²) < 4.78 is 0. The molecule has 1 heterocycles. The summed E-state index contributed by atoms with van der Waals surface area (Å²) in [7, 11) is 0. The monoisotopic (exact) mass is 414 g/mol. The molecule has 1 aliphatic rings. The lowest BCUT2D eigenvalue weighted by Gasteiger charge is -2.11. The topological polar surface area (TPSA) is 59.9 Å². The van der Waals surface area contributed by atoms with Crippen molar-refractivity contribution in [1.29, 1.82) is 0 Å². The number of hydrogen-bond acceptors (Lipinski definition) is 5. The van der Waals surface area contributed by atoms with E-state index in [1.54, 1.807) is 0 Å². The molecular formula is C20H32Cl2N4O. The maximum absolute atomic E-state index is 5.79. The van der Waals surface area contributed by atoms with E-state index in [9.17, 15) is 0 Å². The molecular weight excluding hydrogens is 383 g/mol. The largest absolute Gasteiger partial charge is 0.348 e. The summed E-state index contributed by atoms with van der Waals surface area (Å²) >= 11 is 11.6. The van der Waals surface area contributed by atoms with Crippen LogP contribution in [0.5, 0.6) is 6.01 Å². The van der Waals surface area contributed by atoms with Gasteiger partial charge in [-0.3, -0.25) is 0 Å². The van der Waals surface area contributed by atoms with Gasteiger partial charge in [-0.25, -0.2) is 5.48 Å². The highest BCUT2D eigenvalue weighted by Gasteiger charge is 2.06. The molecule has 0 saturated heterocycles. The maximum atomic E-state index is 5.79. The van der Waals surface area contributed by atoms with Crippen molar-refractivity contribution in [2.24, 2.45) is 0 Å². The van der Waals surface area contributed by atoms with Gasteiger partial charge >= 0.3 is 6.01 Å². The molecule has 0 fully saturated rings. The summed E-state index contributed by atoms with van der Waals surface area (Å²) in [6.45, 7) is 0. The van der Waals surface area contributed by atoms with E-state index in [1.807, 2.05) is 0 Å². The Kier molecular flexibility index (Phi) is 11.5. The summed E-state index contributed by atoms with van der Waals surface area (Å²) in [5.74, 6) is 0. The van der Waals surface area contributed by atoms with Gasteiger partial charge in [-0.1, -0.05) is 76.7 Å². The molecule has 0 amide bonds. The Morgan fingerprint density at radius 2 is 1.15 bits per heavy atom. The summed E-state index contributed by atoms with van der Waals surface area (Å²) in [5.41, 5.74) is 4.07. The molecule has 1 N–H and O–H groups in total. The van der Waals surface area contributed by atoms with Crippen LogP contribution in [0.1, 0.15) is 96.3 Å². The van der Waals surface area contributed by atoms with Gasteiger partial charge in [-0.2, -0.15) is 15.0 Å². The Morgan fingerprint density at radius 3 is 1.70 bits per heavy atom. The third kappa shape index (κ3) is 10.7. The maximum Gasteiger partial charge on any atom is 0.348 e. The lowest BCUT2D eigenvalue weighted by Crippen LogP contribution is -2.19. The molecule has 0 radical (unpaired) electrons. The number of rotatable bonds is 3. The number of allylic oxidation sites excluding steroid dienone is 2. The summed E-state index contributed by atoms with van der Waals surface area (Å²) in [6.07, 6.45) is 21.6. The van der Waals surface area contributed by atoms with Crippen molar-refractivity contribution in [3.8, 4) is 6.01 Å². The summed E-state index contributed by atoms with van der Waals surface area (Å²) in [5, 5.41) is 0.0457. The molecule has 7 heteroatoms. The first-order chi connectivity index (χ1) is 13.2. The van der Waals surface area contributed by atoms with Crippen molar-refractivity contribution in [3.63, 3.8) is 0 Å². The molecule has 152 valence electrons. The van der Waals surface area contributed by atoms with Crippen LogP contribution in [-0.2, 0) is 0 Å². The summed E-state index contributed by atoms with van der Waals surface area (Å²) in [4.78, 5) is 17.0. The van der Waals surface area contributed by atoms with Crippen LogP contribution in [0.15, 0.2) is 11.8 Å². The fourth-order valence-electron chi connectivity index (χ4n) is 3.34. The van der Waals surface area contributed by atoms with Gasteiger partial charge in [-0.15, -0.1) is 0 Å². The Hall–Kier alpha value is -1.07. The van der Waals surface area contributed by atoms with Crippen LogP contribution in [-0.4, -0.2) is 15.0 Å². The lowest BCUT2D eigenvalue weighted by atomic mass is 10.0. The van der Waals surface area contributed by atoms with Gasteiger partial charge in [0.25, 0.3) is 0 Å². The molecule has 5 nitrogen and oxygen atoms in total. The van der Waals surface area contributed by atoms with Crippen molar-refractivity contribution < 1.29 is 4.84 Å². The highest BCUT2D eigenvalue weighted by molar-refractivity contribution is 6.31. The third-order valence-electron chi connectivity index (χ3n) is 4.87. The van der Waals surface area contributed by atoms with E-state index >= 15 is 0 Å². The highest BCUT2D eigenvalue weighted by atomic mass is 35.5. The number of aromatic nitrogens is 3. The number of nitrogens with zero attached hydrogens (tertiary/aromatic N) is 3. The molecule has 0 aromatic carbocycles. The van der Waals surface area contributed by atoms with Crippen molar-refractivity contribution >= 4 is 23.2 Å². The van der Waals surface area contributed by atoms with Crippen molar-refractivity contribution in [2.45, 2.75) is 96.3 Å². The molecule has 1 aromatic heterocycles. The molecule has 1 aliphatic carbocycles. The molecule has 0 unspecified atom stereocenters. The third-order valence-corrected chi connectivity index (χ3v) is 5.21.